The molecule has 1 saturated heterocycles. The topological polar surface area (TPSA) is 115 Å². The number of likely N-dealkylation sites (tertiary alicyclic amines) is 1. The smallest absolute Gasteiger partial charge is 0.258 e. The molecule has 2 N–H and O–H groups in total. The molecule has 0 spiro atoms. The van der Waals surface area contributed by atoms with Gasteiger partial charge in [0.15, 0.2) is 18.1 Å². The average Bonchev–Trinajstić information content (AvgIpc) is 3.26. The minimum atomic E-state index is -0.459. The van der Waals surface area contributed by atoms with E-state index in [1.165, 1.54) is 13.2 Å². The molecule has 0 aromatic heterocycles. The van der Waals surface area contributed by atoms with Gasteiger partial charge in [0.05, 0.1) is 19.7 Å². The molecule has 4 bridgehead atoms. The third-order valence-electron chi connectivity index (χ3n) is 5.85. The fourth-order valence-electron chi connectivity index (χ4n) is 3.95. The number of carbonyl (C=O) groups is 3. The summed E-state index contributed by atoms with van der Waals surface area (Å²) in [6.45, 7) is 2.94. The first-order valence-corrected chi connectivity index (χ1v) is 11.5. The number of nitrogens with zero attached hydrogens (tertiary/aromatic N) is 1. The van der Waals surface area contributed by atoms with Gasteiger partial charge < -0.3 is 34.5 Å². The summed E-state index contributed by atoms with van der Waals surface area (Å²) in [5.74, 6) is 0.444. The van der Waals surface area contributed by atoms with Crippen molar-refractivity contribution in [3.05, 3.63) is 53.6 Å². The van der Waals surface area contributed by atoms with Gasteiger partial charge >= 0.3 is 0 Å². The Bertz CT molecular complexity index is 1070. The highest BCUT2D eigenvalue weighted by atomic mass is 16.5. The number of hydrogen-bond acceptors (Lipinski definition) is 7. The van der Waals surface area contributed by atoms with Crippen LogP contribution in [0.3, 0.4) is 0 Å². The zero-order valence-electron chi connectivity index (χ0n) is 19.7. The van der Waals surface area contributed by atoms with E-state index < -0.39 is 12.1 Å². The highest BCUT2D eigenvalue weighted by Gasteiger charge is 2.38. The Morgan fingerprint density at radius 1 is 1.14 bits per heavy atom. The molecule has 2 atom stereocenters. The maximum absolute atomic E-state index is 13.1. The number of carbonyl (C=O) groups excluding carboxylic acids is 3. The highest BCUT2D eigenvalue weighted by molar-refractivity contribution is 5.95. The van der Waals surface area contributed by atoms with E-state index in [2.05, 4.69) is 10.6 Å². The predicted octanol–water partition coefficient (Wildman–Crippen LogP) is 1.13. The van der Waals surface area contributed by atoms with Gasteiger partial charge in [-0.25, -0.2) is 0 Å². The first kappa shape index (κ1) is 24.3. The van der Waals surface area contributed by atoms with Crippen molar-refractivity contribution in [1.82, 2.24) is 15.5 Å². The largest absolute Gasteiger partial charge is 0.493 e. The first-order valence-electron chi connectivity index (χ1n) is 11.5. The number of methoxy groups -OCH3 is 1. The minimum Gasteiger partial charge on any atom is -0.493 e. The van der Waals surface area contributed by atoms with E-state index in [4.69, 9.17) is 18.9 Å². The average molecular weight is 484 g/mol. The van der Waals surface area contributed by atoms with Crippen molar-refractivity contribution in [2.75, 3.05) is 40.0 Å². The first-order chi connectivity index (χ1) is 17.0. The van der Waals surface area contributed by atoms with Gasteiger partial charge in [-0.15, -0.1) is 0 Å². The van der Waals surface area contributed by atoms with E-state index >= 15 is 0 Å². The molecule has 3 aliphatic heterocycles. The van der Waals surface area contributed by atoms with Crippen molar-refractivity contribution in [2.45, 2.75) is 25.6 Å². The van der Waals surface area contributed by atoms with Gasteiger partial charge in [-0.1, -0.05) is 12.1 Å². The van der Waals surface area contributed by atoms with Gasteiger partial charge in [0.2, 0.25) is 5.91 Å². The molecule has 186 valence electrons. The number of nitrogens with one attached hydrogen (secondary N) is 2. The molecule has 3 aliphatic rings. The molecular formula is C25H29N3O7. The molecule has 2 aromatic carbocycles. The molecule has 3 heterocycles. The molecule has 5 rings (SSSR count). The van der Waals surface area contributed by atoms with Crippen molar-refractivity contribution in [3.8, 4) is 17.2 Å². The van der Waals surface area contributed by atoms with E-state index in [1.807, 2.05) is 19.1 Å². The van der Waals surface area contributed by atoms with Crippen molar-refractivity contribution in [1.29, 1.82) is 0 Å². The fourth-order valence-corrected chi connectivity index (χ4v) is 3.95. The lowest BCUT2D eigenvalue weighted by Crippen LogP contribution is -2.45. The maximum Gasteiger partial charge on any atom is 0.258 e. The van der Waals surface area contributed by atoms with E-state index in [1.54, 1.807) is 29.2 Å². The SMILES string of the molecule is CCOCC(=O)N1C[C@@H]2NC(=O)c3ccc(OC)c(c3)OCC(=O)NCc3ccc(cc3)O[C@H]2C1. The van der Waals surface area contributed by atoms with E-state index in [-0.39, 0.29) is 36.7 Å². The number of rotatable bonds is 4. The second-order valence-corrected chi connectivity index (χ2v) is 8.25. The van der Waals surface area contributed by atoms with Crippen LogP contribution in [0.5, 0.6) is 17.2 Å². The van der Waals surface area contributed by atoms with Crippen LogP contribution in [0, 0.1) is 0 Å². The Morgan fingerprint density at radius 2 is 1.94 bits per heavy atom. The fraction of sp³-hybridized carbons (Fsp3) is 0.400. The zero-order chi connectivity index (χ0) is 24.8. The van der Waals surface area contributed by atoms with Crippen LogP contribution in [-0.4, -0.2) is 74.8 Å². The van der Waals surface area contributed by atoms with Crippen LogP contribution in [0.25, 0.3) is 0 Å². The molecule has 10 nitrogen and oxygen atoms in total. The Hall–Kier alpha value is -3.79. The van der Waals surface area contributed by atoms with Crippen LogP contribution in [0.2, 0.25) is 0 Å². The number of amides is 3. The second-order valence-electron chi connectivity index (χ2n) is 8.25. The van der Waals surface area contributed by atoms with Crippen molar-refractivity contribution in [2.24, 2.45) is 0 Å². The highest BCUT2D eigenvalue weighted by Crippen LogP contribution is 2.28. The van der Waals surface area contributed by atoms with E-state index in [9.17, 15) is 14.4 Å². The Labute approximate surface area is 203 Å². The summed E-state index contributed by atoms with van der Waals surface area (Å²) in [5, 5.41) is 5.78. The third-order valence-corrected chi connectivity index (χ3v) is 5.85. The van der Waals surface area contributed by atoms with E-state index in [0.717, 1.165) is 5.56 Å². The predicted molar refractivity (Wildman–Crippen MR) is 126 cm³/mol. The maximum atomic E-state index is 13.1. The normalized spacial score (nSPS) is 20.1. The molecule has 10 heteroatoms. The number of benzene rings is 2. The van der Waals surface area contributed by atoms with Crippen LogP contribution in [0.1, 0.15) is 22.8 Å². The van der Waals surface area contributed by atoms with Gasteiger partial charge in [-0.2, -0.15) is 0 Å². The Morgan fingerprint density at radius 3 is 2.69 bits per heavy atom. The van der Waals surface area contributed by atoms with Crippen molar-refractivity contribution >= 4 is 17.7 Å². The summed E-state index contributed by atoms with van der Waals surface area (Å²) in [5.41, 5.74) is 1.21. The number of ether oxygens (including phenoxy) is 4. The van der Waals surface area contributed by atoms with Crippen molar-refractivity contribution < 1.29 is 33.3 Å². The Kier molecular flexibility index (Phi) is 7.71. The third kappa shape index (κ3) is 6.02. The second kappa shape index (κ2) is 11.1. The molecule has 0 unspecified atom stereocenters. The monoisotopic (exact) mass is 483 g/mol. The molecular weight excluding hydrogens is 454 g/mol. The van der Waals surface area contributed by atoms with E-state index in [0.29, 0.717) is 43.3 Å². The Balaban J connectivity index is 1.62. The summed E-state index contributed by atoms with van der Waals surface area (Å²) in [6, 6.07) is 11.6. The summed E-state index contributed by atoms with van der Waals surface area (Å²) in [7, 11) is 1.48. The molecule has 3 amide bonds. The van der Waals surface area contributed by atoms with Crippen LogP contribution in [-0.2, 0) is 20.9 Å². The molecule has 0 saturated carbocycles. The summed E-state index contributed by atoms with van der Waals surface area (Å²) >= 11 is 0. The summed E-state index contributed by atoms with van der Waals surface area (Å²) in [4.78, 5) is 39.6. The van der Waals surface area contributed by atoms with Gasteiger partial charge in [-0.3, -0.25) is 14.4 Å². The van der Waals surface area contributed by atoms with Gasteiger partial charge in [0, 0.05) is 25.3 Å². The molecule has 1 fully saturated rings. The lowest BCUT2D eigenvalue weighted by molar-refractivity contribution is -0.135. The molecule has 0 aliphatic carbocycles. The van der Waals surface area contributed by atoms with Crippen LogP contribution >= 0.6 is 0 Å². The molecule has 0 radical (unpaired) electrons. The van der Waals surface area contributed by atoms with Crippen LogP contribution < -0.4 is 24.8 Å². The quantitative estimate of drug-likeness (QED) is 0.670. The van der Waals surface area contributed by atoms with Crippen molar-refractivity contribution in [3.63, 3.8) is 0 Å². The zero-order valence-corrected chi connectivity index (χ0v) is 19.7. The van der Waals surface area contributed by atoms with Gasteiger partial charge in [0.25, 0.3) is 11.8 Å². The molecule has 35 heavy (non-hydrogen) atoms. The lowest BCUT2D eigenvalue weighted by Gasteiger charge is -2.21. The van der Waals surface area contributed by atoms with Gasteiger partial charge in [-0.05, 0) is 42.8 Å². The van der Waals surface area contributed by atoms with Crippen LogP contribution in [0.15, 0.2) is 42.5 Å². The number of hydrogen-bond donors (Lipinski definition) is 2. The number of fused-ring (bicyclic) bond motifs is 7. The molecule has 2 aromatic rings. The summed E-state index contributed by atoms with van der Waals surface area (Å²) in [6.07, 6.45) is -0.459. The van der Waals surface area contributed by atoms with Crippen LogP contribution in [0.4, 0.5) is 0 Å². The van der Waals surface area contributed by atoms with Gasteiger partial charge in [0.1, 0.15) is 18.5 Å². The minimum absolute atomic E-state index is 0.0243. The lowest BCUT2D eigenvalue weighted by atomic mass is 10.1. The standard InChI is InChI=1S/C25H29N3O7/c1-3-33-15-24(30)28-12-19-22(13-28)35-18-7-4-16(5-8-18)11-26-23(29)14-34-21-10-17(25(31)27-19)6-9-20(21)32-2/h4-10,19,22H,3,11-15H2,1-2H3,(H,26,29)(H,27,31)/t19-,22-/m0/s1. The summed E-state index contributed by atoms with van der Waals surface area (Å²) < 4.78 is 22.4.